The fourth-order valence-electron chi connectivity index (χ4n) is 2.28. The van der Waals surface area contributed by atoms with Crippen molar-refractivity contribution in [2.24, 2.45) is 5.73 Å². The van der Waals surface area contributed by atoms with Gasteiger partial charge in [0.2, 0.25) is 0 Å². The zero-order valence-corrected chi connectivity index (χ0v) is 13.2. The number of rotatable bonds is 10. The number of hydrogen-bond donors (Lipinski definition) is 1. The molecule has 0 bridgehead atoms. The van der Waals surface area contributed by atoms with Crippen LogP contribution in [0.25, 0.3) is 0 Å². The van der Waals surface area contributed by atoms with Crippen molar-refractivity contribution in [2.75, 3.05) is 13.7 Å². The van der Waals surface area contributed by atoms with Crippen molar-refractivity contribution in [3.63, 3.8) is 0 Å². The minimum atomic E-state index is 0.342. The zero-order chi connectivity index (χ0) is 14.8. The summed E-state index contributed by atoms with van der Waals surface area (Å²) in [6.45, 7) is 5.00. The Bertz CT molecular complexity index is 379. The molecule has 0 saturated carbocycles. The van der Waals surface area contributed by atoms with Crippen molar-refractivity contribution in [3.05, 3.63) is 23.8 Å². The number of nitrogens with two attached hydrogens (primary N) is 1. The highest BCUT2D eigenvalue weighted by molar-refractivity contribution is 5.43. The van der Waals surface area contributed by atoms with Crippen LogP contribution in [0.1, 0.15) is 51.5 Å². The normalized spacial score (nSPS) is 12.2. The third-order valence-electron chi connectivity index (χ3n) is 3.39. The van der Waals surface area contributed by atoms with Crippen molar-refractivity contribution in [1.29, 1.82) is 0 Å². The summed E-state index contributed by atoms with van der Waals surface area (Å²) in [4.78, 5) is 0. The van der Waals surface area contributed by atoms with E-state index < -0.39 is 0 Å². The first-order chi connectivity index (χ1) is 9.71. The molecule has 0 aliphatic rings. The van der Waals surface area contributed by atoms with Gasteiger partial charge in [-0.2, -0.15) is 0 Å². The number of aryl methyl sites for hydroxylation is 1. The van der Waals surface area contributed by atoms with Crippen LogP contribution in [0.2, 0.25) is 0 Å². The summed E-state index contributed by atoms with van der Waals surface area (Å²) >= 11 is 0. The number of methoxy groups -OCH3 is 1. The molecule has 2 N–H and O–H groups in total. The van der Waals surface area contributed by atoms with Crippen molar-refractivity contribution in [1.82, 2.24) is 0 Å². The first kappa shape index (κ1) is 16.8. The predicted octanol–water partition coefficient (Wildman–Crippen LogP) is 3.93. The standard InChI is InChI=1S/C17H29NO2/c1-4-7-15(18)9-6-8-14-10-11-16(20-12-5-2)17(13-14)19-3/h10-11,13,15H,4-9,12,18H2,1-3H3. The van der Waals surface area contributed by atoms with Crippen LogP contribution in [0.3, 0.4) is 0 Å². The molecule has 0 saturated heterocycles. The van der Waals surface area contributed by atoms with Gasteiger partial charge in [0.1, 0.15) is 0 Å². The second-order valence-corrected chi connectivity index (χ2v) is 5.27. The molecule has 0 aliphatic carbocycles. The van der Waals surface area contributed by atoms with Gasteiger partial charge in [-0.15, -0.1) is 0 Å². The lowest BCUT2D eigenvalue weighted by molar-refractivity contribution is 0.294. The van der Waals surface area contributed by atoms with E-state index in [1.54, 1.807) is 7.11 Å². The highest BCUT2D eigenvalue weighted by Gasteiger charge is 2.06. The van der Waals surface area contributed by atoms with Gasteiger partial charge in [-0.05, 0) is 49.8 Å². The zero-order valence-electron chi connectivity index (χ0n) is 13.2. The maximum absolute atomic E-state index is 6.04. The summed E-state index contributed by atoms with van der Waals surface area (Å²) < 4.78 is 11.1. The van der Waals surface area contributed by atoms with Gasteiger partial charge in [-0.25, -0.2) is 0 Å². The van der Waals surface area contributed by atoms with E-state index >= 15 is 0 Å². The number of ether oxygens (including phenoxy) is 2. The predicted molar refractivity (Wildman–Crippen MR) is 84.6 cm³/mol. The van der Waals surface area contributed by atoms with Gasteiger partial charge in [0.15, 0.2) is 11.5 Å². The van der Waals surface area contributed by atoms with E-state index in [0.29, 0.717) is 6.04 Å². The molecule has 0 aliphatic heterocycles. The van der Waals surface area contributed by atoms with Crippen LogP contribution in [-0.2, 0) is 6.42 Å². The Morgan fingerprint density at radius 1 is 1.10 bits per heavy atom. The van der Waals surface area contributed by atoms with E-state index in [1.807, 2.05) is 6.07 Å². The molecule has 0 aromatic heterocycles. The Kier molecular flexibility index (Phi) is 8.12. The lowest BCUT2D eigenvalue weighted by Crippen LogP contribution is -2.19. The second kappa shape index (κ2) is 9.65. The van der Waals surface area contributed by atoms with Gasteiger partial charge in [-0.1, -0.05) is 26.3 Å². The van der Waals surface area contributed by atoms with Crippen molar-refractivity contribution >= 4 is 0 Å². The van der Waals surface area contributed by atoms with E-state index in [0.717, 1.165) is 50.2 Å². The number of benzene rings is 1. The molecule has 0 amide bonds. The van der Waals surface area contributed by atoms with Crippen LogP contribution in [0.5, 0.6) is 11.5 Å². The summed E-state index contributed by atoms with van der Waals surface area (Å²) in [5.74, 6) is 1.66. The van der Waals surface area contributed by atoms with Gasteiger partial charge in [0.25, 0.3) is 0 Å². The summed E-state index contributed by atoms with van der Waals surface area (Å²) in [5, 5.41) is 0. The Morgan fingerprint density at radius 3 is 2.55 bits per heavy atom. The molecule has 0 spiro atoms. The first-order valence-corrected chi connectivity index (χ1v) is 7.76. The second-order valence-electron chi connectivity index (χ2n) is 5.27. The Labute approximate surface area is 123 Å². The Morgan fingerprint density at radius 2 is 1.90 bits per heavy atom. The van der Waals surface area contributed by atoms with Gasteiger partial charge in [0.05, 0.1) is 13.7 Å². The highest BCUT2D eigenvalue weighted by Crippen LogP contribution is 2.28. The molecule has 1 aromatic rings. The summed E-state index contributed by atoms with van der Waals surface area (Å²) in [6, 6.07) is 6.56. The fraction of sp³-hybridized carbons (Fsp3) is 0.647. The van der Waals surface area contributed by atoms with Crippen LogP contribution < -0.4 is 15.2 Å². The van der Waals surface area contributed by atoms with Gasteiger partial charge in [0, 0.05) is 6.04 Å². The van der Waals surface area contributed by atoms with Gasteiger partial charge >= 0.3 is 0 Å². The van der Waals surface area contributed by atoms with Crippen molar-refractivity contribution < 1.29 is 9.47 Å². The molecular weight excluding hydrogens is 250 g/mol. The molecule has 3 heteroatoms. The maximum Gasteiger partial charge on any atom is 0.161 e. The molecule has 20 heavy (non-hydrogen) atoms. The van der Waals surface area contributed by atoms with Crippen LogP contribution >= 0.6 is 0 Å². The van der Waals surface area contributed by atoms with E-state index in [1.165, 1.54) is 12.0 Å². The Hall–Kier alpha value is -1.22. The molecule has 1 unspecified atom stereocenters. The molecule has 3 nitrogen and oxygen atoms in total. The van der Waals surface area contributed by atoms with E-state index in [2.05, 4.69) is 26.0 Å². The Balaban J connectivity index is 2.50. The third-order valence-corrected chi connectivity index (χ3v) is 3.39. The van der Waals surface area contributed by atoms with E-state index in [4.69, 9.17) is 15.2 Å². The van der Waals surface area contributed by atoms with Crippen LogP contribution in [-0.4, -0.2) is 19.8 Å². The van der Waals surface area contributed by atoms with Gasteiger partial charge < -0.3 is 15.2 Å². The molecule has 1 rings (SSSR count). The average Bonchev–Trinajstić information content (AvgIpc) is 2.46. The van der Waals surface area contributed by atoms with E-state index in [9.17, 15) is 0 Å². The van der Waals surface area contributed by atoms with Crippen molar-refractivity contribution in [2.45, 2.75) is 58.4 Å². The quantitative estimate of drug-likeness (QED) is 0.705. The summed E-state index contributed by atoms with van der Waals surface area (Å²) in [7, 11) is 1.69. The maximum atomic E-state index is 6.04. The molecule has 0 heterocycles. The molecule has 0 fully saturated rings. The summed E-state index contributed by atoms with van der Waals surface area (Å²) in [6.07, 6.45) is 6.54. The van der Waals surface area contributed by atoms with Gasteiger partial charge in [-0.3, -0.25) is 0 Å². The minimum Gasteiger partial charge on any atom is -0.493 e. The van der Waals surface area contributed by atoms with Crippen molar-refractivity contribution in [3.8, 4) is 11.5 Å². The topological polar surface area (TPSA) is 44.5 Å². The lowest BCUT2D eigenvalue weighted by Gasteiger charge is -2.13. The smallest absolute Gasteiger partial charge is 0.161 e. The SMILES string of the molecule is CCCOc1ccc(CCCC(N)CCC)cc1OC. The average molecular weight is 279 g/mol. The largest absolute Gasteiger partial charge is 0.493 e. The third kappa shape index (κ3) is 5.83. The molecule has 114 valence electrons. The monoisotopic (exact) mass is 279 g/mol. The van der Waals surface area contributed by atoms with Crippen LogP contribution in [0.15, 0.2) is 18.2 Å². The molecule has 1 atom stereocenters. The van der Waals surface area contributed by atoms with Crippen LogP contribution in [0, 0.1) is 0 Å². The van der Waals surface area contributed by atoms with E-state index in [-0.39, 0.29) is 0 Å². The fourth-order valence-corrected chi connectivity index (χ4v) is 2.28. The highest BCUT2D eigenvalue weighted by atomic mass is 16.5. The molecular formula is C17H29NO2. The lowest BCUT2D eigenvalue weighted by atomic mass is 10.0. The minimum absolute atomic E-state index is 0.342. The molecule has 0 radical (unpaired) electrons. The first-order valence-electron chi connectivity index (χ1n) is 7.76. The van der Waals surface area contributed by atoms with Crippen LogP contribution in [0.4, 0.5) is 0 Å². The molecule has 1 aromatic carbocycles. The number of hydrogen-bond acceptors (Lipinski definition) is 3. The summed E-state index contributed by atoms with van der Waals surface area (Å²) in [5.41, 5.74) is 7.33.